The first-order valence-electron chi connectivity index (χ1n) is 10.4. The molecule has 1 unspecified atom stereocenters. The number of nitrogens with zero attached hydrogens (tertiary/aromatic N) is 1. The van der Waals surface area contributed by atoms with Gasteiger partial charge in [0.15, 0.2) is 0 Å². The first-order valence-corrected chi connectivity index (χ1v) is 11.9. The van der Waals surface area contributed by atoms with Crippen LogP contribution in [0.5, 0.6) is 0 Å². The van der Waals surface area contributed by atoms with Gasteiger partial charge in [-0.2, -0.15) is 0 Å². The Balaban J connectivity index is 1.70. The summed E-state index contributed by atoms with van der Waals surface area (Å²) in [6.45, 7) is 5.70. The fourth-order valence-electron chi connectivity index (χ4n) is 3.63. The second kappa shape index (κ2) is 9.44. The molecular formula is C26H22FN3O3S. The maximum Gasteiger partial charge on any atom is 0.264 e. The molecule has 4 rings (SSSR count). The van der Waals surface area contributed by atoms with Gasteiger partial charge in [0.25, 0.3) is 15.9 Å². The Labute approximate surface area is 197 Å². The molecule has 0 aliphatic carbocycles. The Bertz CT molecular complexity index is 1480. The zero-order valence-electron chi connectivity index (χ0n) is 18.3. The summed E-state index contributed by atoms with van der Waals surface area (Å²) in [7, 11) is -4.14. The van der Waals surface area contributed by atoms with Gasteiger partial charge in [-0.15, -0.1) is 0 Å². The molecule has 0 saturated heterocycles. The lowest BCUT2D eigenvalue weighted by Crippen LogP contribution is -2.30. The molecule has 2 N–H and O–H groups in total. The summed E-state index contributed by atoms with van der Waals surface area (Å²) < 4.78 is 43.0. The van der Waals surface area contributed by atoms with Crippen LogP contribution < -0.4 is 10.0 Å². The van der Waals surface area contributed by atoms with E-state index in [4.69, 9.17) is 0 Å². The summed E-state index contributed by atoms with van der Waals surface area (Å²) in [5, 5.41) is 3.47. The van der Waals surface area contributed by atoms with Crippen LogP contribution in [-0.2, 0) is 10.0 Å². The molecule has 0 spiro atoms. The van der Waals surface area contributed by atoms with Crippen molar-refractivity contribution in [2.45, 2.75) is 17.9 Å². The fourth-order valence-corrected chi connectivity index (χ4v) is 4.89. The Kier molecular flexibility index (Phi) is 6.43. The smallest absolute Gasteiger partial charge is 0.264 e. The third-order valence-corrected chi connectivity index (χ3v) is 6.65. The molecule has 1 heterocycles. The number of fused-ring (bicyclic) bond motifs is 1. The van der Waals surface area contributed by atoms with Gasteiger partial charge in [-0.25, -0.2) is 12.8 Å². The number of para-hydroxylation sites is 1. The van der Waals surface area contributed by atoms with Crippen LogP contribution in [-0.4, -0.2) is 19.3 Å². The third-order valence-electron chi connectivity index (χ3n) is 5.26. The first kappa shape index (κ1) is 23.1. The summed E-state index contributed by atoms with van der Waals surface area (Å²) in [5.74, 6) is -1.32. The molecule has 1 atom stereocenters. The molecule has 0 bridgehead atoms. The summed E-state index contributed by atoms with van der Waals surface area (Å²) in [5.41, 5.74) is 1.54. The maximum atomic E-state index is 14.1. The van der Waals surface area contributed by atoms with E-state index in [1.54, 1.807) is 31.2 Å². The van der Waals surface area contributed by atoms with Crippen molar-refractivity contribution in [2.75, 3.05) is 4.72 Å². The van der Waals surface area contributed by atoms with E-state index in [-0.39, 0.29) is 21.7 Å². The molecule has 0 radical (unpaired) electrons. The monoisotopic (exact) mass is 475 g/mol. The number of halogens is 1. The first-order chi connectivity index (χ1) is 16.3. The number of anilines is 1. The second-order valence-corrected chi connectivity index (χ2v) is 9.44. The van der Waals surface area contributed by atoms with Crippen molar-refractivity contribution in [2.24, 2.45) is 0 Å². The Morgan fingerprint density at radius 1 is 1.00 bits per heavy atom. The van der Waals surface area contributed by atoms with Crippen molar-refractivity contribution < 1.29 is 17.6 Å². The van der Waals surface area contributed by atoms with Crippen molar-refractivity contribution in [1.29, 1.82) is 0 Å². The third kappa shape index (κ3) is 4.82. The van der Waals surface area contributed by atoms with Gasteiger partial charge in [-0.3, -0.25) is 14.5 Å². The number of carbonyl (C=O) groups is 1. The molecule has 0 aliphatic rings. The van der Waals surface area contributed by atoms with Crippen LogP contribution >= 0.6 is 0 Å². The van der Waals surface area contributed by atoms with E-state index in [2.05, 4.69) is 21.6 Å². The lowest BCUT2D eigenvalue weighted by atomic mass is 10.0. The van der Waals surface area contributed by atoms with Crippen LogP contribution in [0.2, 0.25) is 0 Å². The van der Waals surface area contributed by atoms with Crippen molar-refractivity contribution in [3.63, 3.8) is 0 Å². The predicted molar refractivity (Wildman–Crippen MR) is 130 cm³/mol. The van der Waals surface area contributed by atoms with Crippen LogP contribution in [0.25, 0.3) is 10.9 Å². The zero-order valence-corrected chi connectivity index (χ0v) is 19.1. The molecule has 0 fully saturated rings. The molecule has 8 heteroatoms. The Hall–Kier alpha value is -4.04. The number of amides is 1. The summed E-state index contributed by atoms with van der Waals surface area (Å²) in [4.78, 5) is 17.3. The van der Waals surface area contributed by atoms with Gasteiger partial charge in [0.05, 0.1) is 22.8 Å². The number of pyridine rings is 1. The van der Waals surface area contributed by atoms with E-state index in [1.165, 1.54) is 18.3 Å². The maximum absolute atomic E-state index is 14.1. The molecule has 1 aromatic heterocycles. The lowest BCUT2D eigenvalue weighted by Gasteiger charge is -2.21. The highest BCUT2D eigenvalue weighted by molar-refractivity contribution is 7.93. The minimum Gasteiger partial charge on any atom is -0.341 e. The average Bonchev–Trinajstić information content (AvgIpc) is 2.83. The molecule has 172 valence electrons. The average molecular weight is 476 g/mol. The van der Waals surface area contributed by atoms with E-state index in [1.807, 2.05) is 30.3 Å². The van der Waals surface area contributed by atoms with Crippen LogP contribution in [0.1, 0.15) is 28.9 Å². The number of hydrogen-bond acceptors (Lipinski definition) is 4. The van der Waals surface area contributed by atoms with Crippen molar-refractivity contribution in [1.82, 2.24) is 10.3 Å². The van der Waals surface area contributed by atoms with Gasteiger partial charge in [0, 0.05) is 11.6 Å². The predicted octanol–water partition coefficient (Wildman–Crippen LogP) is 5.22. The minimum atomic E-state index is -4.14. The van der Waals surface area contributed by atoms with Gasteiger partial charge in [0.2, 0.25) is 0 Å². The minimum absolute atomic E-state index is 0.0506. The zero-order chi connectivity index (χ0) is 24.3. The molecular weight excluding hydrogens is 453 g/mol. The van der Waals surface area contributed by atoms with Crippen molar-refractivity contribution >= 4 is 32.5 Å². The van der Waals surface area contributed by atoms with Crippen molar-refractivity contribution in [3.8, 4) is 0 Å². The molecule has 4 aromatic rings. The quantitative estimate of drug-likeness (QED) is 0.359. The standard InChI is InChI=1S/C26H22FN3O3S/c1-17(2)24(18-8-4-3-5-9-18)29-26(31)21-16-20(27)13-14-22(21)30-34(32,33)23-12-6-10-19-11-7-15-28-25(19)23/h3-16,24,30H,1H2,2H3,(H,29,31). The number of rotatable bonds is 7. The van der Waals surface area contributed by atoms with Gasteiger partial charge in [0.1, 0.15) is 10.7 Å². The summed E-state index contributed by atoms with van der Waals surface area (Å²) in [6.07, 6.45) is 1.50. The van der Waals surface area contributed by atoms with Crippen LogP contribution in [0.4, 0.5) is 10.1 Å². The number of aromatic nitrogens is 1. The highest BCUT2D eigenvalue weighted by Gasteiger charge is 2.24. The lowest BCUT2D eigenvalue weighted by molar-refractivity contribution is 0.0943. The molecule has 6 nitrogen and oxygen atoms in total. The van der Waals surface area contributed by atoms with Crippen LogP contribution in [0.15, 0.2) is 102 Å². The molecule has 1 amide bonds. The number of hydrogen-bond donors (Lipinski definition) is 2. The normalized spacial score (nSPS) is 12.2. The number of nitrogens with one attached hydrogen (secondary N) is 2. The van der Waals surface area contributed by atoms with E-state index in [0.717, 1.165) is 17.7 Å². The Morgan fingerprint density at radius 2 is 1.74 bits per heavy atom. The van der Waals surface area contributed by atoms with Crippen molar-refractivity contribution in [3.05, 3.63) is 114 Å². The topological polar surface area (TPSA) is 88.2 Å². The molecule has 34 heavy (non-hydrogen) atoms. The van der Waals surface area contributed by atoms with E-state index < -0.39 is 27.8 Å². The SMILES string of the molecule is C=C(C)C(NC(=O)c1cc(F)ccc1NS(=O)(=O)c1cccc2cccnc12)c1ccccc1. The molecule has 0 aliphatic heterocycles. The molecule has 0 saturated carbocycles. The fraction of sp³-hybridized carbons (Fsp3) is 0.0769. The number of benzene rings is 3. The highest BCUT2D eigenvalue weighted by atomic mass is 32.2. The van der Waals surface area contributed by atoms with Gasteiger partial charge < -0.3 is 5.32 Å². The second-order valence-electron chi connectivity index (χ2n) is 7.79. The largest absolute Gasteiger partial charge is 0.341 e. The van der Waals surface area contributed by atoms with Gasteiger partial charge in [-0.1, -0.05) is 60.7 Å². The summed E-state index contributed by atoms with van der Waals surface area (Å²) in [6, 6.07) is 20.2. The molecule has 3 aromatic carbocycles. The number of carbonyl (C=O) groups excluding carboxylic acids is 1. The van der Waals surface area contributed by atoms with Crippen LogP contribution in [0.3, 0.4) is 0 Å². The van der Waals surface area contributed by atoms with E-state index in [9.17, 15) is 17.6 Å². The highest BCUT2D eigenvalue weighted by Crippen LogP contribution is 2.27. The summed E-state index contributed by atoms with van der Waals surface area (Å²) >= 11 is 0. The van der Waals surface area contributed by atoms with Crippen LogP contribution in [0, 0.1) is 5.82 Å². The van der Waals surface area contributed by atoms with E-state index >= 15 is 0 Å². The van der Waals surface area contributed by atoms with Gasteiger partial charge in [-0.05, 0) is 42.8 Å². The van der Waals surface area contributed by atoms with Gasteiger partial charge >= 0.3 is 0 Å². The van der Waals surface area contributed by atoms with E-state index in [0.29, 0.717) is 11.0 Å². The number of sulfonamides is 1. The Morgan fingerprint density at radius 3 is 2.47 bits per heavy atom.